The van der Waals surface area contributed by atoms with Gasteiger partial charge in [-0.2, -0.15) is 5.10 Å². The lowest BCUT2D eigenvalue weighted by Crippen LogP contribution is -2.43. The predicted molar refractivity (Wildman–Crippen MR) is 109 cm³/mol. The van der Waals surface area contributed by atoms with Crippen molar-refractivity contribution < 1.29 is 4.39 Å². The van der Waals surface area contributed by atoms with Crippen LogP contribution in [0.1, 0.15) is 25.0 Å². The van der Waals surface area contributed by atoms with Gasteiger partial charge in [-0.1, -0.05) is 0 Å². The van der Waals surface area contributed by atoms with Gasteiger partial charge in [0, 0.05) is 45.3 Å². The third-order valence-electron chi connectivity index (χ3n) is 5.73. The fourth-order valence-electron chi connectivity index (χ4n) is 4.21. The number of aliphatic imine (C=N–C) groups is 1. The molecule has 2 saturated heterocycles. The van der Waals surface area contributed by atoms with Crippen LogP contribution in [0.4, 0.5) is 4.39 Å². The quantitative estimate of drug-likeness (QED) is 0.635. The van der Waals surface area contributed by atoms with Crippen LogP contribution in [0.5, 0.6) is 0 Å². The summed E-state index contributed by atoms with van der Waals surface area (Å²) in [5.74, 6) is 0.750. The summed E-state index contributed by atoms with van der Waals surface area (Å²) in [6.07, 6.45) is 6.64. The highest BCUT2D eigenvalue weighted by Gasteiger charge is 2.30. The molecular weight excluding hydrogens is 355 g/mol. The first kappa shape index (κ1) is 18.9. The van der Waals surface area contributed by atoms with E-state index in [-0.39, 0.29) is 5.82 Å². The van der Waals surface area contributed by atoms with Gasteiger partial charge in [0.2, 0.25) is 0 Å². The fraction of sp³-hybridized carbons (Fsp3) is 0.524. The van der Waals surface area contributed by atoms with Crippen LogP contribution in [0.25, 0.3) is 5.69 Å². The number of halogens is 1. The summed E-state index contributed by atoms with van der Waals surface area (Å²) in [7, 11) is 1.86. The third-order valence-corrected chi connectivity index (χ3v) is 5.73. The Morgan fingerprint density at radius 2 is 1.96 bits per heavy atom. The fourth-order valence-corrected chi connectivity index (χ4v) is 4.21. The number of nitrogens with zero attached hydrogens (tertiary/aromatic N) is 5. The first-order chi connectivity index (χ1) is 13.7. The Labute approximate surface area is 166 Å². The van der Waals surface area contributed by atoms with Crippen LogP contribution in [0.3, 0.4) is 0 Å². The Balaban J connectivity index is 1.26. The topological polar surface area (TPSA) is 48.7 Å². The molecule has 0 radical (unpaired) electrons. The van der Waals surface area contributed by atoms with Crippen molar-refractivity contribution in [3.63, 3.8) is 0 Å². The maximum Gasteiger partial charge on any atom is 0.193 e. The predicted octanol–water partition coefficient (Wildman–Crippen LogP) is 2.30. The van der Waals surface area contributed by atoms with E-state index in [0.29, 0.717) is 6.04 Å². The number of hydrogen-bond donors (Lipinski definition) is 1. The van der Waals surface area contributed by atoms with E-state index in [0.717, 1.165) is 43.4 Å². The van der Waals surface area contributed by atoms with Crippen molar-refractivity contribution in [2.24, 2.45) is 4.99 Å². The van der Waals surface area contributed by atoms with Crippen LogP contribution in [0.2, 0.25) is 0 Å². The summed E-state index contributed by atoms with van der Waals surface area (Å²) < 4.78 is 14.9. The third kappa shape index (κ3) is 4.35. The summed E-state index contributed by atoms with van der Waals surface area (Å²) in [6, 6.07) is 9.05. The van der Waals surface area contributed by atoms with E-state index < -0.39 is 0 Å². The van der Waals surface area contributed by atoms with E-state index in [4.69, 9.17) is 0 Å². The summed E-state index contributed by atoms with van der Waals surface area (Å²) in [5.41, 5.74) is 1.87. The van der Waals surface area contributed by atoms with Crippen molar-refractivity contribution in [1.82, 2.24) is 24.9 Å². The lowest BCUT2D eigenvalue weighted by atomic mass is 10.2. The van der Waals surface area contributed by atoms with Gasteiger partial charge in [0.1, 0.15) is 5.82 Å². The molecule has 0 amide bonds. The highest BCUT2D eigenvalue weighted by Crippen LogP contribution is 2.20. The molecule has 1 atom stereocenters. The zero-order valence-corrected chi connectivity index (χ0v) is 16.5. The molecule has 1 aromatic carbocycles. The Hall–Kier alpha value is -2.41. The van der Waals surface area contributed by atoms with Crippen LogP contribution in [0.15, 0.2) is 41.5 Å². The van der Waals surface area contributed by atoms with Gasteiger partial charge in [-0.15, -0.1) is 0 Å². The van der Waals surface area contributed by atoms with E-state index >= 15 is 0 Å². The molecule has 3 heterocycles. The van der Waals surface area contributed by atoms with Gasteiger partial charge < -0.3 is 10.2 Å². The Morgan fingerprint density at radius 1 is 1.18 bits per heavy atom. The van der Waals surface area contributed by atoms with Crippen molar-refractivity contribution in [2.45, 2.75) is 31.7 Å². The zero-order chi connectivity index (χ0) is 19.3. The average Bonchev–Trinajstić information content (AvgIpc) is 3.47. The largest absolute Gasteiger partial charge is 0.356 e. The molecule has 2 aliphatic heterocycles. The second-order valence-electron chi connectivity index (χ2n) is 7.58. The second kappa shape index (κ2) is 8.73. The monoisotopic (exact) mass is 384 g/mol. The molecule has 2 fully saturated rings. The molecule has 0 saturated carbocycles. The van der Waals surface area contributed by atoms with Crippen LogP contribution < -0.4 is 5.32 Å². The minimum Gasteiger partial charge on any atom is -0.356 e. The highest BCUT2D eigenvalue weighted by molar-refractivity contribution is 5.80. The van der Waals surface area contributed by atoms with Crippen molar-refractivity contribution in [1.29, 1.82) is 0 Å². The van der Waals surface area contributed by atoms with Gasteiger partial charge in [0.25, 0.3) is 0 Å². The molecule has 150 valence electrons. The van der Waals surface area contributed by atoms with E-state index in [1.165, 1.54) is 44.5 Å². The number of rotatable bonds is 5. The summed E-state index contributed by atoms with van der Waals surface area (Å²) >= 11 is 0. The van der Waals surface area contributed by atoms with Crippen LogP contribution >= 0.6 is 0 Å². The Kier molecular flexibility index (Phi) is 5.90. The van der Waals surface area contributed by atoms with E-state index in [1.807, 2.05) is 19.3 Å². The van der Waals surface area contributed by atoms with E-state index in [9.17, 15) is 4.39 Å². The molecule has 0 aliphatic carbocycles. The number of likely N-dealkylation sites (tertiary alicyclic amines) is 2. The normalized spacial score (nSPS) is 20.9. The molecule has 6 nitrogen and oxygen atoms in total. The van der Waals surface area contributed by atoms with Crippen molar-refractivity contribution in [2.75, 3.05) is 39.8 Å². The molecule has 1 aromatic heterocycles. The molecule has 0 spiro atoms. The first-order valence-corrected chi connectivity index (χ1v) is 10.2. The van der Waals surface area contributed by atoms with Gasteiger partial charge in [-0.3, -0.25) is 9.89 Å². The summed E-state index contributed by atoms with van der Waals surface area (Å²) in [5, 5.41) is 8.07. The molecule has 7 heteroatoms. The molecule has 1 N–H and O–H groups in total. The Morgan fingerprint density at radius 3 is 2.71 bits per heavy atom. The maximum atomic E-state index is 13.1. The molecule has 2 aliphatic rings. The standard InChI is InChI=1S/C21H29FN6/c1-23-21(27-14-10-20(16-27)26-12-2-3-13-26)24-11-8-18-9-15-28(25-18)19-6-4-17(22)5-7-19/h4-7,9,15,20H,2-3,8,10-14,16H2,1H3,(H,23,24). The number of aromatic nitrogens is 2. The smallest absolute Gasteiger partial charge is 0.193 e. The first-order valence-electron chi connectivity index (χ1n) is 10.2. The van der Waals surface area contributed by atoms with Gasteiger partial charge >= 0.3 is 0 Å². The Bertz CT molecular complexity index is 793. The molecule has 4 rings (SSSR count). The zero-order valence-electron chi connectivity index (χ0n) is 16.5. The summed E-state index contributed by atoms with van der Waals surface area (Å²) in [4.78, 5) is 9.48. The molecule has 1 unspecified atom stereocenters. The van der Waals surface area contributed by atoms with Gasteiger partial charge in [-0.25, -0.2) is 9.07 Å². The SMILES string of the molecule is CN=C(NCCc1ccn(-c2ccc(F)cc2)n1)N1CCC(N2CCCC2)C1. The molecule has 28 heavy (non-hydrogen) atoms. The van der Waals surface area contributed by atoms with Gasteiger partial charge in [0.05, 0.1) is 11.4 Å². The maximum absolute atomic E-state index is 13.1. The second-order valence-corrected chi connectivity index (χ2v) is 7.58. The van der Waals surface area contributed by atoms with Crippen molar-refractivity contribution in [3.05, 3.63) is 48.0 Å². The average molecular weight is 385 g/mol. The molecule has 0 bridgehead atoms. The van der Waals surface area contributed by atoms with E-state index in [1.54, 1.807) is 16.8 Å². The lowest BCUT2D eigenvalue weighted by molar-refractivity contribution is 0.249. The number of nitrogens with one attached hydrogen (secondary N) is 1. The highest BCUT2D eigenvalue weighted by atomic mass is 19.1. The minimum absolute atomic E-state index is 0.236. The van der Waals surface area contributed by atoms with Gasteiger partial charge in [-0.05, 0) is 62.7 Å². The van der Waals surface area contributed by atoms with Crippen LogP contribution in [-0.4, -0.2) is 71.4 Å². The number of guanidine groups is 1. The van der Waals surface area contributed by atoms with Crippen molar-refractivity contribution in [3.8, 4) is 5.69 Å². The van der Waals surface area contributed by atoms with Crippen LogP contribution in [-0.2, 0) is 6.42 Å². The van der Waals surface area contributed by atoms with Crippen LogP contribution in [0, 0.1) is 5.82 Å². The van der Waals surface area contributed by atoms with E-state index in [2.05, 4.69) is 25.2 Å². The number of benzene rings is 1. The molecular formula is C21H29FN6. The molecule has 2 aromatic rings. The van der Waals surface area contributed by atoms with Crippen molar-refractivity contribution >= 4 is 5.96 Å². The van der Waals surface area contributed by atoms with Gasteiger partial charge in [0.15, 0.2) is 5.96 Å². The minimum atomic E-state index is -0.236. The lowest BCUT2D eigenvalue weighted by Gasteiger charge is -2.25. The summed E-state index contributed by atoms with van der Waals surface area (Å²) in [6.45, 7) is 5.43. The number of hydrogen-bond acceptors (Lipinski definition) is 3.